The highest BCUT2D eigenvalue weighted by Crippen LogP contribution is 2.28. The summed E-state index contributed by atoms with van der Waals surface area (Å²) in [6.45, 7) is 0.0614. The van der Waals surface area contributed by atoms with Crippen molar-refractivity contribution < 1.29 is 26.7 Å². The molecule has 0 aliphatic carbocycles. The first kappa shape index (κ1) is 19.5. The summed E-state index contributed by atoms with van der Waals surface area (Å²) in [6, 6.07) is 10.1. The Morgan fingerprint density at radius 1 is 1.04 bits per heavy atom. The Hall–Kier alpha value is -3.23. The van der Waals surface area contributed by atoms with Crippen LogP contribution in [0.1, 0.15) is 21.6 Å². The van der Waals surface area contributed by atoms with Crippen molar-refractivity contribution in [3.05, 3.63) is 83.2 Å². The van der Waals surface area contributed by atoms with Crippen LogP contribution in [0.4, 0.5) is 22.0 Å². The molecule has 1 heterocycles. The molecule has 0 N–H and O–H groups in total. The Bertz CT molecular complexity index is 996. The fourth-order valence-corrected chi connectivity index (χ4v) is 2.58. The van der Waals surface area contributed by atoms with Gasteiger partial charge >= 0.3 is 6.18 Å². The molecule has 0 saturated carbocycles. The number of aromatic nitrogens is 2. The van der Waals surface area contributed by atoms with Crippen molar-refractivity contribution in [2.75, 3.05) is 7.05 Å². The lowest BCUT2D eigenvalue weighted by atomic mass is 10.1. The summed E-state index contributed by atoms with van der Waals surface area (Å²) in [7, 11) is 1.50. The third-order valence-electron chi connectivity index (χ3n) is 4.01. The molecule has 0 radical (unpaired) electrons. The zero-order valence-corrected chi connectivity index (χ0v) is 14.5. The van der Waals surface area contributed by atoms with Gasteiger partial charge in [0.2, 0.25) is 0 Å². The predicted molar refractivity (Wildman–Crippen MR) is 90.7 cm³/mol. The minimum Gasteiger partial charge on any atom is -0.337 e. The van der Waals surface area contributed by atoms with Crippen molar-refractivity contribution in [1.82, 2.24) is 14.7 Å². The van der Waals surface area contributed by atoms with Gasteiger partial charge in [0.15, 0.2) is 17.3 Å². The molecule has 0 atom stereocenters. The molecule has 2 aromatic carbocycles. The fourth-order valence-electron chi connectivity index (χ4n) is 2.58. The number of benzene rings is 2. The predicted octanol–water partition coefficient (Wildman–Crippen LogP) is 4.44. The lowest BCUT2D eigenvalue weighted by Crippen LogP contribution is -2.26. The van der Waals surface area contributed by atoms with E-state index in [0.29, 0.717) is 11.3 Å². The first-order valence-corrected chi connectivity index (χ1v) is 8.08. The molecule has 1 amide bonds. The number of halogens is 5. The van der Waals surface area contributed by atoms with Crippen molar-refractivity contribution in [2.24, 2.45) is 0 Å². The van der Waals surface area contributed by atoms with Crippen LogP contribution in [0.5, 0.6) is 0 Å². The zero-order valence-electron chi connectivity index (χ0n) is 14.5. The quantitative estimate of drug-likeness (QED) is 0.613. The molecule has 9 heteroatoms. The van der Waals surface area contributed by atoms with E-state index in [9.17, 15) is 26.7 Å². The van der Waals surface area contributed by atoms with Crippen molar-refractivity contribution in [2.45, 2.75) is 12.7 Å². The number of hydrogen-bond donors (Lipinski definition) is 0. The maximum absolute atomic E-state index is 13.3. The van der Waals surface area contributed by atoms with Crippen LogP contribution < -0.4 is 0 Å². The van der Waals surface area contributed by atoms with Gasteiger partial charge in [0, 0.05) is 25.4 Å². The molecule has 4 nitrogen and oxygen atoms in total. The highest BCUT2D eigenvalue weighted by molar-refractivity contribution is 5.94. The first-order chi connectivity index (χ1) is 13.1. The van der Waals surface area contributed by atoms with E-state index in [4.69, 9.17) is 0 Å². The van der Waals surface area contributed by atoms with Crippen LogP contribution in [0, 0.1) is 11.6 Å². The number of carbonyl (C=O) groups excluding carboxylic acids is 1. The van der Waals surface area contributed by atoms with Gasteiger partial charge < -0.3 is 4.90 Å². The summed E-state index contributed by atoms with van der Waals surface area (Å²) in [6.07, 6.45) is -3.36. The summed E-state index contributed by atoms with van der Waals surface area (Å²) in [5, 5.41) is 3.46. The highest BCUT2D eigenvalue weighted by atomic mass is 19.4. The van der Waals surface area contributed by atoms with Gasteiger partial charge in [-0.25, -0.2) is 13.5 Å². The molecule has 0 bridgehead atoms. The second kappa shape index (κ2) is 7.41. The van der Waals surface area contributed by atoms with E-state index in [0.717, 1.165) is 22.9 Å². The van der Waals surface area contributed by atoms with Crippen LogP contribution >= 0.6 is 0 Å². The van der Waals surface area contributed by atoms with Gasteiger partial charge in [-0.3, -0.25) is 4.79 Å². The van der Waals surface area contributed by atoms with E-state index in [2.05, 4.69) is 5.10 Å². The largest absolute Gasteiger partial charge is 0.435 e. The Labute approximate surface area is 156 Å². The molecule has 0 unspecified atom stereocenters. The van der Waals surface area contributed by atoms with Crippen LogP contribution in [0.15, 0.2) is 54.7 Å². The van der Waals surface area contributed by atoms with Gasteiger partial charge in [-0.15, -0.1) is 0 Å². The summed E-state index contributed by atoms with van der Waals surface area (Å²) in [5.74, 6) is -2.35. The third-order valence-corrected chi connectivity index (χ3v) is 4.01. The molecule has 3 aromatic rings. The number of amides is 1. The summed E-state index contributed by atoms with van der Waals surface area (Å²) >= 11 is 0. The Morgan fingerprint density at radius 2 is 1.71 bits per heavy atom. The number of hydrogen-bond acceptors (Lipinski definition) is 2. The van der Waals surface area contributed by atoms with Crippen LogP contribution in [-0.2, 0) is 12.7 Å². The molecule has 0 spiro atoms. The van der Waals surface area contributed by atoms with Gasteiger partial charge in [0.05, 0.1) is 5.69 Å². The Balaban J connectivity index is 1.72. The second-order valence-electron chi connectivity index (χ2n) is 6.10. The maximum atomic E-state index is 13.3. The monoisotopic (exact) mass is 395 g/mol. The minimum absolute atomic E-state index is 0.0614. The summed E-state index contributed by atoms with van der Waals surface area (Å²) in [4.78, 5) is 13.8. The lowest BCUT2D eigenvalue weighted by Gasteiger charge is -2.17. The molecule has 0 fully saturated rings. The SMILES string of the molecule is CN(Cc1ccc(F)c(F)c1)C(=O)c1ccc(-n2ccc(C(F)(F)F)n2)cc1. The van der Waals surface area contributed by atoms with Crippen molar-refractivity contribution in [3.8, 4) is 5.69 Å². The van der Waals surface area contributed by atoms with E-state index in [1.165, 1.54) is 48.5 Å². The highest BCUT2D eigenvalue weighted by Gasteiger charge is 2.33. The van der Waals surface area contributed by atoms with Crippen molar-refractivity contribution in [1.29, 1.82) is 0 Å². The number of nitrogens with zero attached hydrogens (tertiary/aromatic N) is 3. The molecule has 0 aliphatic heterocycles. The molecule has 146 valence electrons. The average molecular weight is 395 g/mol. The van der Waals surface area contributed by atoms with E-state index in [1.54, 1.807) is 0 Å². The molecule has 0 saturated heterocycles. The topological polar surface area (TPSA) is 38.1 Å². The standard InChI is InChI=1S/C19H14F5N3O/c1-26(11-12-2-7-15(20)16(21)10-12)18(28)13-3-5-14(6-4-13)27-9-8-17(25-27)19(22,23)24/h2-10H,11H2,1H3. The van der Waals surface area contributed by atoms with Crippen molar-refractivity contribution >= 4 is 5.91 Å². The molecular formula is C19H14F5N3O. The summed E-state index contributed by atoms with van der Waals surface area (Å²) < 4.78 is 65.2. The Kier molecular flexibility index (Phi) is 5.17. The molecular weight excluding hydrogens is 381 g/mol. The van der Waals surface area contributed by atoms with Gasteiger partial charge in [0.1, 0.15) is 0 Å². The van der Waals surface area contributed by atoms with Crippen molar-refractivity contribution in [3.63, 3.8) is 0 Å². The maximum Gasteiger partial charge on any atom is 0.435 e. The second-order valence-corrected chi connectivity index (χ2v) is 6.10. The molecule has 0 aliphatic rings. The molecule has 3 rings (SSSR count). The molecule has 1 aromatic heterocycles. The van der Waals surface area contributed by atoms with Crippen LogP contribution in [0.2, 0.25) is 0 Å². The van der Waals surface area contributed by atoms with E-state index in [-0.39, 0.29) is 18.0 Å². The third kappa shape index (κ3) is 4.19. The van der Waals surface area contributed by atoms with Crippen LogP contribution in [0.25, 0.3) is 5.69 Å². The number of rotatable bonds is 4. The zero-order chi connectivity index (χ0) is 20.5. The molecule has 28 heavy (non-hydrogen) atoms. The number of alkyl halides is 3. The normalized spacial score (nSPS) is 11.5. The van der Waals surface area contributed by atoms with Crippen LogP contribution in [0.3, 0.4) is 0 Å². The van der Waals surface area contributed by atoms with Gasteiger partial charge in [-0.05, 0) is 48.0 Å². The number of carbonyl (C=O) groups is 1. The summed E-state index contributed by atoms with van der Waals surface area (Å²) in [5.41, 5.74) is 0.0499. The average Bonchev–Trinajstić information content (AvgIpc) is 3.15. The van der Waals surface area contributed by atoms with Crippen LogP contribution in [-0.4, -0.2) is 27.6 Å². The van der Waals surface area contributed by atoms with E-state index < -0.39 is 23.5 Å². The lowest BCUT2D eigenvalue weighted by molar-refractivity contribution is -0.141. The van der Waals surface area contributed by atoms with Gasteiger partial charge in [0.25, 0.3) is 5.91 Å². The first-order valence-electron chi connectivity index (χ1n) is 8.08. The van der Waals surface area contributed by atoms with Gasteiger partial charge in [-0.1, -0.05) is 6.07 Å². The van der Waals surface area contributed by atoms with Gasteiger partial charge in [-0.2, -0.15) is 18.3 Å². The smallest absolute Gasteiger partial charge is 0.337 e. The minimum atomic E-state index is -4.54. The fraction of sp³-hybridized carbons (Fsp3) is 0.158. The Morgan fingerprint density at radius 3 is 2.29 bits per heavy atom. The van der Waals surface area contributed by atoms with E-state index in [1.807, 2.05) is 0 Å². The van der Waals surface area contributed by atoms with E-state index >= 15 is 0 Å².